The van der Waals surface area contributed by atoms with Crippen LogP contribution in [0.2, 0.25) is 0 Å². The molecule has 0 saturated carbocycles. The van der Waals surface area contributed by atoms with E-state index >= 15 is 0 Å². The van der Waals surface area contributed by atoms with Crippen molar-refractivity contribution in [2.45, 2.75) is 0 Å². The summed E-state index contributed by atoms with van der Waals surface area (Å²) >= 11 is 0. The average Bonchev–Trinajstić information content (AvgIpc) is 2.89. The van der Waals surface area contributed by atoms with E-state index in [-0.39, 0.29) is 11.7 Å². The summed E-state index contributed by atoms with van der Waals surface area (Å²) in [7, 11) is 1.72. The largest absolute Gasteiger partial charge is 0.360 e. The van der Waals surface area contributed by atoms with Gasteiger partial charge in [0.25, 0.3) is 5.91 Å². The smallest absolute Gasteiger partial charge is 0.260 e. The molecule has 1 amide bonds. The van der Waals surface area contributed by atoms with E-state index in [4.69, 9.17) is 0 Å². The molecule has 0 saturated heterocycles. The first-order valence-corrected chi connectivity index (χ1v) is 6.26. The lowest BCUT2D eigenvalue weighted by Gasteiger charge is -2.16. The first-order chi connectivity index (χ1) is 9.66. The summed E-state index contributed by atoms with van der Waals surface area (Å²) in [6, 6.07) is 13.7. The Balaban J connectivity index is 2.01. The topological polar surface area (TPSA) is 36.1 Å². The maximum absolute atomic E-state index is 13.2. The third kappa shape index (κ3) is 2.05. The predicted molar refractivity (Wildman–Crippen MR) is 77.4 cm³/mol. The van der Waals surface area contributed by atoms with E-state index in [2.05, 4.69) is 4.98 Å². The standard InChI is InChI=1S/C16H13FN2O/c1-19(12-5-3-2-4-6-12)16(20)14-10-18-15-9-11(17)7-8-13(14)15/h2-10,18H,1H3. The number of nitrogens with zero attached hydrogens (tertiary/aromatic N) is 1. The fourth-order valence-electron chi connectivity index (χ4n) is 2.22. The molecule has 1 heterocycles. The summed E-state index contributed by atoms with van der Waals surface area (Å²) in [6.07, 6.45) is 1.62. The van der Waals surface area contributed by atoms with Gasteiger partial charge >= 0.3 is 0 Å². The monoisotopic (exact) mass is 268 g/mol. The van der Waals surface area contributed by atoms with Crippen LogP contribution in [0, 0.1) is 5.82 Å². The molecule has 0 aliphatic heterocycles. The van der Waals surface area contributed by atoms with E-state index in [9.17, 15) is 9.18 Å². The highest BCUT2D eigenvalue weighted by molar-refractivity contribution is 6.13. The van der Waals surface area contributed by atoms with Crippen molar-refractivity contribution in [3.05, 3.63) is 66.1 Å². The molecule has 20 heavy (non-hydrogen) atoms. The molecule has 0 unspecified atom stereocenters. The van der Waals surface area contributed by atoms with Crippen molar-refractivity contribution in [1.82, 2.24) is 4.98 Å². The molecule has 0 fully saturated rings. The number of halogens is 1. The molecule has 3 rings (SSSR count). The second-order valence-electron chi connectivity index (χ2n) is 4.59. The van der Waals surface area contributed by atoms with Crippen molar-refractivity contribution in [3.8, 4) is 0 Å². The lowest BCUT2D eigenvalue weighted by atomic mass is 10.1. The number of hydrogen-bond acceptors (Lipinski definition) is 1. The molecular formula is C16H13FN2O. The Bertz CT molecular complexity index is 765. The predicted octanol–water partition coefficient (Wildman–Crippen LogP) is 3.58. The summed E-state index contributed by atoms with van der Waals surface area (Å²) in [6.45, 7) is 0. The van der Waals surface area contributed by atoms with Gasteiger partial charge in [0.1, 0.15) is 5.82 Å². The van der Waals surface area contributed by atoms with Crippen molar-refractivity contribution in [1.29, 1.82) is 0 Å². The maximum Gasteiger partial charge on any atom is 0.260 e. The number of para-hydroxylation sites is 1. The SMILES string of the molecule is CN(C(=O)c1c[nH]c2cc(F)ccc12)c1ccccc1. The Morgan fingerprint density at radius 2 is 1.90 bits per heavy atom. The van der Waals surface area contributed by atoms with E-state index in [1.165, 1.54) is 12.1 Å². The summed E-state index contributed by atoms with van der Waals surface area (Å²) in [4.78, 5) is 17.0. The van der Waals surface area contributed by atoms with E-state index in [0.29, 0.717) is 11.1 Å². The first-order valence-electron chi connectivity index (χ1n) is 6.26. The number of rotatable bonds is 2. The Hall–Kier alpha value is -2.62. The number of aromatic nitrogens is 1. The Morgan fingerprint density at radius 1 is 1.15 bits per heavy atom. The molecule has 2 aromatic carbocycles. The molecule has 1 N–H and O–H groups in total. The van der Waals surface area contributed by atoms with Crippen LogP contribution < -0.4 is 4.90 Å². The number of carbonyl (C=O) groups excluding carboxylic acids is 1. The molecule has 3 nitrogen and oxygen atoms in total. The molecule has 0 aliphatic rings. The molecule has 0 atom stereocenters. The fourth-order valence-corrected chi connectivity index (χ4v) is 2.22. The van der Waals surface area contributed by atoms with Crippen molar-refractivity contribution in [2.75, 3.05) is 11.9 Å². The number of benzene rings is 2. The summed E-state index contributed by atoms with van der Waals surface area (Å²) in [5.74, 6) is -0.455. The number of nitrogens with one attached hydrogen (secondary N) is 1. The molecule has 0 radical (unpaired) electrons. The number of hydrogen-bond donors (Lipinski definition) is 1. The van der Waals surface area contributed by atoms with Crippen LogP contribution >= 0.6 is 0 Å². The average molecular weight is 268 g/mol. The van der Waals surface area contributed by atoms with Crippen LogP contribution in [-0.4, -0.2) is 17.9 Å². The Morgan fingerprint density at radius 3 is 2.65 bits per heavy atom. The molecular weight excluding hydrogens is 255 g/mol. The minimum Gasteiger partial charge on any atom is -0.360 e. The van der Waals surface area contributed by atoms with Crippen LogP contribution in [0.1, 0.15) is 10.4 Å². The van der Waals surface area contributed by atoms with Gasteiger partial charge in [-0.1, -0.05) is 18.2 Å². The minimum absolute atomic E-state index is 0.131. The number of carbonyl (C=O) groups is 1. The maximum atomic E-state index is 13.2. The number of aromatic amines is 1. The van der Waals surface area contributed by atoms with E-state index in [0.717, 1.165) is 11.1 Å². The van der Waals surface area contributed by atoms with Gasteiger partial charge in [-0.2, -0.15) is 0 Å². The van der Waals surface area contributed by atoms with E-state index in [1.54, 1.807) is 24.2 Å². The molecule has 0 bridgehead atoms. The van der Waals surface area contributed by atoms with Gasteiger partial charge in [-0.25, -0.2) is 4.39 Å². The quantitative estimate of drug-likeness (QED) is 0.757. The van der Waals surface area contributed by atoms with Gasteiger partial charge in [-0.05, 0) is 30.3 Å². The zero-order valence-corrected chi connectivity index (χ0v) is 10.9. The van der Waals surface area contributed by atoms with Crippen LogP contribution in [0.3, 0.4) is 0 Å². The van der Waals surface area contributed by atoms with Crippen molar-refractivity contribution in [2.24, 2.45) is 0 Å². The third-order valence-electron chi connectivity index (χ3n) is 3.32. The van der Waals surface area contributed by atoms with Crippen LogP contribution in [0.25, 0.3) is 10.9 Å². The van der Waals surface area contributed by atoms with Crippen molar-refractivity contribution < 1.29 is 9.18 Å². The number of anilines is 1. The van der Waals surface area contributed by atoms with Gasteiger partial charge in [-0.3, -0.25) is 4.79 Å². The zero-order chi connectivity index (χ0) is 14.1. The molecule has 1 aromatic heterocycles. The molecule has 100 valence electrons. The Kier molecular flexibility index (Phi) is 2.99. The van der Waals surface area contributed by atoms with Gasteiger partial charge in [0.05, 0.1) is 5.56 Å². The molecule has 3 aromatic rings. The lowest BCUT2D eigenvalue weighted by Crippen LogP contribution is -2.25. The summed E-state index contributed by atoms with van der Waals surface area (Å²) in [5.41, 5.74) is 1.97. The highest BCUT2D eigenvalue weighted by atomic mass is 19.1. The molecule has 4 heteroatoms. The van der Waals surface area contributed by atoms with Gasteiger partial charge in [0, 0.05) is 29.8 Å². The molecule has 0 aliphatic carbocycles. The fraction of sp³-hybridized carbons (Fsp3) is 0.0625. The number of fused-ring (bicyclic) bond motifs is 1. The second kappa shape index (κ2) is 4.81. The summed E-state index contributed by atoms with van der Waals surface area (Å²) in [5, 5.41) is 0.721. The van der Waals surface area contributed by atoms with E-state index < -0.39 is 0 Å². The molecule has 0 spiro atoms. The van der Waals surface area contributed by atoms with Crippen LogP contribution in [-0.2, 0) is 0 Å². The lowest BCUT2D eigenvalue weighted by molar-refractivity contribution is 0.0994. The number of H-pyrrole nitrogens is 1. The second-order valence-corrected chi connectivity index (χ2v) is 4.59. The van der Waals surface area contributed by atoms with Crippen molar-refractivity contribution in [3.63, 3.8) is 0 Å². The van der Waals surface area contributed by atoms with Crippen LogP contribution in [0.15, 0.2) is 54.7 Å². The van der Waals surface area contributed by atoms with E-state index in [1.807, 2.05) is 30.3 Å². The van der Waals surface area contributed by atoms with Crippen molar-refractivity contribution >= 4 is 22.5 Å². The zero-order valence-electron chi connectivity index (χ0n) is 10.9. The third-order valence-corrected chi connectivity index (χ3v) is 3.32. The van der Waals surface area contributed by atoms with Crippen LogP contribution in [0.5, 0.6) is 0 Å². The minimum atomic E-state index is -0.324. The first kappa shape index (κ1) is 12.4. The highest BCUT2D eigenvalue weighted by Gasteiger charge is 2.17. The Labute approximate surface area is 115 Å². The highest BCUT2D eigenvalue weighted by Crippen LogP contribution is 2.22. The van der Waals surface area contributed by atoms with Gasteiger partial charge < -0.3 is 9.88 Å². The summed E-state index contributed by atoms with van der Waals surface area (Å²) < 4.78 is 13.2. The van der Waals surface area contributed by atoms with Crippen LogP contribution in [0.4, 0.5) is 10.1 Å². The van der Waals surface area contributed by atoms with Gasteiger partial charge in [-0.15, -0.1) is 0 Å². The van der Waals surface area contributed by atoms with Gasteiger partial charge in [0.15, 0.2) is 0 Å². The van der Waals surface area contributed by atoms with Gasteiger partial charge in [0.2, 0.25) is 0 Å². The number of amides is 1. The normalized spacial score (nSPS) is 10.7.